The first kappa shape index (κ1) is 21.2. The first-order valence-electron chi connectivity index (χ1n) is 8.78. The Hall–Kier alpha value is -1.84. The van der Waals surface area contributed by atoms with Crippen LogP contribution in [0.3, 0.4) is 0 Å². The number of benzene rings is 2. The van der Waals surface area contributed by atoms with Crippen molar-refractivity contribution in [3.05, 3.63) is 71.8 Å². The van der Waals surface area contributed by atoms with Crippen molar-refractivity contribution in [2.24, 2.45) is 0 Å². The molecule has 0 aromatic heterocycles. The molecule has 1 unspecified atom stereocenters. The highest BCUT2D eigenvalue weighted by molar-refractivity contribution is 5.82. The van der Waals surface area contributed by atoms with Gasteiger partial charge in [-0.05, 0) is 31.9 Å². The second-order valence-corrected chi connectivity index (χ2v) is 6.15. The Balaban J connectivity index is 0.00000312. The number of ether oxygens (including phenoxy) is 1. The molecule has 4 heteroatoms. The Morgan fingerprint density at radius 3 is 1.76 bits per heavy atom. The molecule has 0 radical (unpaired) electrons. The summed E-state index contributed by atoms with van der Waals surface area (Å²) in [6.07, 6.45) is 0. The number of carbonyl (C=O) groups is 1. The molecule has 0 heterocycles. The molecular weight excluding hydrogens is 334 g/mol. The second-order valence-electron chi connectivity index (χ2n) is 6.15. The maximum Gasteiger partial charge on any atom is 0.318 e. The van der Waals surface area contributed by atoms with Crippen LogP contribution in [-0.4, -0.2) is 31.7 Å². The van der Waals surface area contributed by atoms with Crippen molar-refractivity contribution in [2.45, 2.75) is 32.7 Å². The Labute approximate surface area is 157 Å². The molecule has 0 aliphatic rings. The summed E-state index contributed by atoms with van der Waals surface area (Å²) >= 11 is 0. The van der Waals surface area contributed by atoms with Gasteiger partial charge in [-0.1, -0.05) is 60.7 Å². The van der Waals surface area contributed by atoms with Crippen molar-refractivity contribution in [1.82, 2.24) is 0 Å². The molecule has 1 atom stereocenters. The van der Waals surface area contributed by atoms with Gasteiger partial charge in [-0.15, -0.1) is 0 Å². The molecule has 1 N–H and O–H groups in total. The maximum atomic E-state index is 12.8. The molecule has 2 aromatic carbocycles. The number of esters is 1. The van der Waals surface area contributed by atoms with Gasteiger partial charge in [0.15, 0.2) is 0 Å². The normalized spacial score (nSPS) is 11.9. The van der Waals surface area contributed by atoms with Gasteiger partial charge in [-0.2, -0.15) is 0 Å². The highest BCUT2D eigenvalue weighted by Crippen LogP contribution is 2.25. The lowest BCUT2D eigenvalue weighted by Gasteiger charge is -2.24. The van der Waals surface area contributed by atoms with E-state index in [4.69, 9.17) is 4.74 Å². The number of likely N-dealkylation sites (N-methyl/N-ethyl adjacent to an activating group) is 1. The van der Waals surface area contributed by atoms with Crippen molar-refractivity contribution >= 4 is 5.97 Å². The van der Waals surface area contributed by atoms with E-state index in [-0.39, 0.29) is 24.3 Å². The van der Waals surface area contributed by atoms with Crippen LogP contribution >= 0.6 is 0 Å². The minimum Gasteiger partial charge on any atom is -1.00 e. The smallest absolute Gasteiger partial charge is 0.318 e. The molecule has 0 amide bonds. The Morgan fingerprint density at radius 1 is 0.920 bits per heavy atom. The zero-order valence-electron chi connectivity index (χ0n) is 15.2. The van der Waals surface area contributed by atoms with E-state index in [1.165, 1.54) is 4.90 Å². The minimum atomic E-state index is -0.369. The van der Waals surface area contributed by atoms with Gasteiger partial charge >= 0.3 is 5.97 Å². The Kier molecular flexibility index (Phi) is 9.25. The van der Waals surface area contributed by atoms with Gasteiger partial charge in [-0.25, -0.2) is 0 Å². The van der Waals surface area contributed by atoms with E-state index in [2.05, 4.69) is 20.8 Å². The fourth-order valence-electron chi connectivity index (χ4n) is 3.11. The van der Waals surface area contributed by atoms with Crippen molar-refractivity contribution in [3.8, 4) is 0 Å². The third kappa shape index (κ3) is 5.87. The zero-order chi connectivity index (χ0) is 17.4. The number of hydrogen-bond donors (Lipinski definition) is 1. The number of quaternary nitrogens is 1. The molecular formula is C21H28ClNO2. The van der Waals surface area contributed by atoms with Crippen LogP contribution in [0.25, 0.3) is 0 Å². The Bertz CT molecular complexity index is 575. The lowest BCUT2D eigenvalue weighted by molar-refractivity contribution is -0.920. The first-order chi connectivity index (χ1) is 11.7. The Morgan fingerprint density at radius 2 is 1.36 bits per heavy atom. The van der Waals surface area contributed by atoms with Crippen LogP contribution in [0.2, 0.25) is 0 Å². The number of rotatable bonds is 8. The standard InChI is InChI=1S/C21H27NO2.ClH/c1-4-22(5-2)17(3)16-24-21(23)20(18-12-8-6-9-13-18)19-14-10-7-11-15-19;/h6-15,17,20H,4-5,16H2,1-3H3;1H. The molecule has 2 rings (SSSR count). The lowest BCUT2D eigenvalue weighted by atomic mass is 9.91. The lowest BCUT2D eigenvalue weighted by Crippen LogP contribution is -3.15. The number of nitrogens with one attached hydrogen (secondary N) is 1. The second kappa shape index (κ2) is 10.9. The summed E-state index contributed by atoms with van der Waals surface area (Å²) in [6.45, 7) is 8.98. The van der Waals surface area contributed by atoms with Crippen LogP contribution < -0.4 is 17.3 Å². The monoisotopic (exact) mass is 361 g/mol. The van der Waals surface area contributed by atoms with Crippen LogP contribution in [0.4, 0.5) is 0 Å². The third-order valence-corrected chi connectivity index (χ3v) is 4.58. The van der Waals surface area contributed by atoms with Gasteiger partial charge in [0.25, 0.3) is 0 Å². The fraction of sp³-hybridized carbons (Fsp3) is 0.381. The van der Waals surface area contributed by atoms with Crippen LogP contribution in [0, 0.1) is 0 Å². The quantitative estimate of drug-likeness (QED) is 0.653. The van der Waals surface area contributed by atoms with Crippen LogP contribution in [0.15, 0.2) is 60.7 Å². The maximum absolute atomic E-state index is 12.8. The number of halogens is 1. The van der Waals surface area contributed by atoms with E-state index in [9.17, 15) is 4.79 Å². The van der Waals surface area contributed by atoms with E-state index in [0.29, 0.717) is 12.6 Å². The molecule has 0 aliphatic carbocycles. The summed E-state index contributed by atoms with van der Waals surface area (Å²) in [7, 11) is 0. The molecule has 3 nitrogen and oxygen atoms in total. The van der Waals surface area contributed by atoms with E-state index < -0.39 is 0 Å². The van der Waals surface area contributed by atoms with Gasteiger partial charge < -0.3 is 22.0 Å². The number of hydrogen-bond acceptors (Lipinski definition) is 2. The molecule has 136 valence electrons. The summed E-state index contributed by atoms with van der Waals surface area (Å²) in [4.78, 5) is 14.3. The summed E-state index contributed by atoms with van der Waals surface area (Å²) in [5.41, 5.74) is 1.94. The third-order valence-electron chi connectivity index (χ3n) is 4.58. The van der Waals surface area contributed by atoms with Gasteiger partial charge in [0.2, 0.25) is 0 Å². The van der Waals surface area contributed by atoms with E-state index >= 15 is 0 Å². The fourth-order valence-corrected chi connectivity index (χ4v) is 3.11. The predicted molar refractivity (Wildman–Crippen MR) is 97.2 cm³/mol. The summed E-state index contributed by atoms with van der Waals surface area (Å²) in [6, 6.07) is 20.0. The minimum absolute atomic E-state index is 0. The molecule has 0 bridgehead atoms. The predicted octanol–water partition coefficient (Wildman–Crippen LogP) is -0.321. The van der Waals surface area contributed by atoms with Crippen molar-refractivity contribution in [2.75, 3.05) is 19.7 Å². The summed E-state index contributed by atoms with van der Waals surface area (Å²) < 4.78 is 5.70. The molecule has 0 spiro atoms. The topological polar surface area (TPSA) is 30.7 Å². The SMILES string of the molecule is CC[NH+](CC)C(C)COC(=O)C(c1ccccc1)c1ccccc1.[Cl-]. The van der Waals surface area contributed by atoms with Crippen LogP contribution in [-0.2, 0) is 9.53 Å². The highest BCUT2D eigenvalue weighted by atomic mass is 35.5. The van der Waals surface area contributed by atoms with Crippen molar-refractivity contribution < 1.29 is 26.8 Å². The van der Waals surface area contributed by atoms with E-state index in [1.54, 1.807) is 0 Å². The molecule has 0 aliphatic heterocycles. The molecule has 0 fully saturated rings. The molecule has 0 saturated heterocycles. The first-order valence-corrected chi connectivity index (χ1v) is 8.78. The van der Waals surface area contributed by atoms with E-state index in [0.717, 1.165) is 24.2 Å². The van der Waals surface area contributed by atoms with Gasteiger partial charge in [-0.3, -0.25) is 4.79 Å². The van der Waals surface area contributed by atoms with E-state index in [1.807, 2.05) is 60.7 Å². The number of carbonyl (C=O) groups excluding carboxylic acids is 1. The molecule has 2 aromatic rings. The van der Waals surface area contributed by atoms with Crippen LogP contribution in [0.5, 0.6) is 0 Å². The van der Waals surface area contributed by atoms with Gasteiger partial charge in [0, 0.05) is 0 Å². The zero-order valence-corrected chi connectivity index (χ0v) is 16.0. The van der Waals surface area contributed by atoms with Gasteiger partial charge in [0.05, 0.1) is 13.1 Å². The van der Waals surface area contributed by atoms with Crippen molar-refractivity contribution in [3.63, 3.8) is 0 Å². The van der Waals surface area contributed by atoms with Crippen LogP contribution in [0.1, 0.15) is 37.8 Å². The molecule has 25 heavy (non-hydrogen) atoms. The average Bonchev–Trinajstić information content (AvgIpc) is 2.63. The highest BCUT2D eigenvalue weighted by Gasteiger charge is 2.25. The summed E-state index contributed by atoms with van der Waals surface area (Å²) in [5, 5.41) is 0. The van der Waals surface area contributed by atoms with Crippen molar-refractivity contribution in [1.29, 1.82) is 0 Å². The average molecular weight is 362 g/mol. The summed E-state index contributed by atoms with van der Waals surface area (Å²) in [5.74, 6) is -0.544. The largest absolute Gasteiger partial charge is 1.00 e. The van der Waals surface area contributed by atoms with Gasteiger partial charge in [0.1, 0.15) is 18.6 Å². The molecule has 0 saturated carbocycles.